The maximum atomic E-state index is 11.6. The van der Waals surface area contributed by atoms with Crippen LogP contribution in [0.15, 0.2) is 12.1 Å². The summed E-state index contributed by atoms with van der Waals surface area (Å²) in [6.07, 6.45) is 1.57. The van der Waals surface area contributed by atoms with Crippen molar-refractivity contribution in [3.8, 4) is 0 Å². The first-order valence-corrected chi connectivity index (χ1v) is 6.89. The highest BCUT2D eigenvalue weighted by Crippen LogP contribution is 2.16. The number of hydrogen-bond donors (Lipinski definition) is 1. The molecule has 0 saturated heterocycles. The molecule has 0 radical (unpaired) electrons. The van der Waals surface area contributed by atoms with E-state index in [1.807, 2.05) is 0 Å². The minimum Gasteiger partial charge on any atom is -0.350 e. The first-order valence-electron chi connectivity index (χ1n) is 4.41. The highest BCUT2D eigenvalue weighted by Gasteiger charge is 2.12. The van der Waals surface area contributed by atoms with Gasteiger partial charge >= 0.3 is 0 Å². The van der Waals surface area contributed by atoms with Crippen LogP contribution in [0.3, 0.4) is 0 Å². The summed E-state index contributed by atoms with van der Waals surface area (Å²) in [5.41, 5.74) is 0.0797. The van der Waals surface area contributed by atoms with Crippen molar-refractivity contribution < 1.29 is 9.00 Å². The Morgan fingerprint density at radius 1 is 1.50 bits per heavy atom. The summed E-state index contributed by atoms with van der Waals surface area (Å²) in [6, 6.07) is 3.01. The van der Waals surface area contributed by atoms with Gasteiger partial charge in [-0.3, -0.25) is 9.00 Å². The SMILES string of the molecule is CS(=O)CCNC(=O)c1nc(Cl)ccc1Cl. The lowest BCUT2D eigenvalue weighted by Crippen LogP contribution is -2.28. The smallest absolute Gasteiger partial charge is 0.271 e. The number of carbonyl (C=O) groups excluding carboxylic acids is 1. The Bertz CT molecular complexity index is 426. The molecule has 4 nitrogen and oxygen atoms in total. The second-order valence-electron chi connectivity index (χ2n) is 3.00. The van der Waals surface area contributed by atoms with Crippen LogP contribution in [0.1, 0.15) is 10.5 Å². The van der Waals surface area contributed by atoms with Crippen LogP contribution in [0.25, 0.3) is 0 Å². The fourth-order valence-electron chi connectivity index (χ4n) is 0.970. The first kappa shape index (κ1) is 13.4. The normalized spacial score (nSPS) is 12.2. The van der Waals surface area contributed by atoms with Gasteiger partial charge in [-0.1, -0.05) is 23.2 Å². The Balaban J connectivity index is 2.65. The average molecular weight is 281 g/mol. The molecule has 88 valence electrons. The van der Waals surface area contributed by atoms with Crippen LogP contribution in [-0.4, -0.2) is 33.7 Å². The fourth-order valence-corrected chi connectivity index (χ4v) is 1.70. The summed E-state index contributed by atoms with van der Waals surface area (Å²) in [4.78, 5) is 15.4. The van der Waals surface area contributed by atoms with Gasteiger partial charge in [-0.05, 0) is 12.1 Å². The van der Waals surface area contributed by atoms with Crippen LogP contribution in [0, 0.1) is 0 Å². The molecule has 1 aromatic heterocycles. The van der Waals surface area contributed by atoms with Gasteiger partial charge in [-0.25, -0.2) is 4.98 Å². The molecule has 1 aromatic rings. The molecule has 1 heterocycles. The van der Waals surface area contributed by atoms with Crippen molar-refractivity contribution in [2.45, 2.75) is 0 Å². The number of halogens is 2. The predicted molar refractivity (Wildman–Crippen MR) is 65.5 cm³/mol. The lowest BCUT2D eigenvalue weighted by atomic mass is 10.3. The molecule has 1 amide bonds. The molecule has 0 aliphatic heterocycles. The van der Waals surface area contributed by atoms with Crippen LogP contribution in [0.5, 0.6) is 0 Å². The summed E-state index contributed by atoms with van der Waals surface area (Å²) < 4.78 is 10.8. The number of hydrogen-bond acceptors (Lipinski definition) is 3. The molecular weight excluding hydrogens is 271 g/mol. The Morgan fingerprint density at radius 2 is 2.19 bits per heavy atom. The number of amides is 1. The highest BCUT2D eigenvalue weighted by molar-refractivity contribution is 7.84. The van der Waals surface area contributed by atoms with Gasteiger partial charge in [-0.15, -0.1) is 0 Å². The molecule has 1 unspecified atom stereocenters. The van der Waals surface area contributed by atoms with Gasteiger partial charge in [0.25, 0.3) is 5.91 Å². The molecule has 0 spiro atoms. The lowest BCUT2D eigenvalue weighted by molar-refractivity contribution is 0.0951. The largest absolute Gasteiger partial charge is 0.350 e. The van der Waals surface area contributed by atoms with E-state index in [0.717, 1.165) is 0 Å². The van der Waals surface area contributed by atoms with Crippen molar-refractivity contribution in [1.82, 2.24) is 10.3 Å². The third-order valence-corrected chi connectivity index (χ3v) is 3.00. The fraction of sp³-hybridized carbons (Fsp3) is 0.333. The maximum Gasteiger partial charge on any atom is 0.271 e. The molecule has 0 saturated carbocycles. The van der Waals surface area contributed by atoms with Crippen molar-refractivity contribution in [2.75, 3.05) is 18.6 Å². The van der Waals surface area contributed by atoms with Crippen molar-refractivity contribution in [3.63, 3.8) is 0 Å². The molecule has 1 rings (SSSR count). The van der Waals surface area contributed by atoms with Crippen molar-refractivity contribution in [1.29, 1.82) is 0 Å². The highest BCUT2D eigenvalue weighted by atomic mass is 35.5. The third kappa shape index (κ3) is 4.08. The molecule has 0 aliphatic carbocycles. The first-order chi connectivity index (χ1) is 7.50. The molecule has 0 aromatic carbocycles. The summed E-state index contributed by atoms with van der Waals surface area (Å²) >= 11 is 11.4. The molecule has 0 aliphatic rings. The second-order valence-corrected chi connectivity index (χ2v) is 5.35. The average Bonchev–Trinajstić information content (AvgIpc) is 2.21. The van der Waals surface area contributed by atoms with Crippen LogP contribution in [0.2, 0.25) is 10.2 Å². The van der Waals surface area contributed by atoms with E-state index in [0.29, 0.717) is 12.3 Å². The number of nitrogens with one attached hydrogen (secondary N) is 1. The van der Waals surface area contributed by atoms with Crippen LogP contribution >= 0.6 is 23.2 Å². The predicted octanol–water partition coefficient (Wildman–Crippen LogP) is 1.50. The topological polar surface area (TPSA) is 59.1 Å². The monoisotopic (exact) mass is 280 g/mol. The van der Waals surface area contributed by atoms with E-state index >= 15 is 0 Å². The number of pyridine rings is 1. The van der Waals surface area contributed by atoms with Gasteiger partial charge in [-0.2, -0.15) is 0 Å². The van der Waals surface area contributed by atoms with E-state index in [2.05, 4.69) is 10.3 Å². The molecule has 1 atom stereocenters. The van der Waals surface area contributed by atoms with Gasteiger partial charge < -0.3 is 5.32 Å². The molecule has 0 bridgehead atoms. The van der Waals surface area contributed by atoms with E-state index < -0.39 is 16.7 Å². The van der Waals surface area contributed by atoms with Gasteiger partial charge in [0.05, 0.1) is 5.02 Å². The van der Waals surface area contributed by atoms with E-state index in [-0.39, 0.29) is 15.9 Å². The van der Waals surface area contributed by atoms with Crippen LogP contribution in [-0.2, 0) is 10.8 Å². The second kappa shape index (κ2) is 6.18. The van der Waals surface area contributed by atoms with Gasteiger partial charge in [0.15, 0.2) is 0 Å². The Hall–Kier alpha value is -0.650. The molecule has 7 heteroatoms. The number of carbonyl (C=O) groups is 1. The van der Waals surface area contributed by atoms with Crippen molar-refractivity contribution in [3.05, 3.63) is 28.0 Å². The minimum absolute atomic E-state index is 0.0797. The maximum absolute atomic E-state index is 11.6. The Labute approximate surface area is 106 Å². The lowest BCUT2D eigenvalue weighted by Gasteiger charge is -2.05. The molecule has 1 N–H and O–H groups in total. The summed E-state index contributed by atoms with van der Waals surface area (Å²) in [5, 5.41) is 3.00. The molecule has 0 fully saturated rings. The van der Waals surface area contributed by atoms with E-state index in [1.54, 1.807) is 6.26 Å². The van der Waals surface area contributed by atoms with Gasteiger partial charge in [0, 0.05) is 29.4 Å². The van der Waals surface area contributed by atoms with E-state index in [4.69, 9.17) is 23.2 Å². The third-order valence-electron chi connectivity index (χ3n) is 1.70. The van der Waals surface area contributed by atoms with E-state index in [9.17, 15) is 9.00 Å². The Morgan fingerprint density at radius 3 is 2.81 bits per heavy atom. The zero-order chi connectivity index (χ0) is 12.1. The minimum atomic E-state index is -0.942. The van der Waals surface area contributed by atoms with Crippen molar-refractivity contribution >= 4 is 39.9 Å². The number of rotatable bonds is 4. The van der Waals surface area contributed by atoms with Crippen molar-refractivity contribution in [2.24, 2.45) is 0 Å². The number of nitrogens with zero attached hydrogens (tertiary/aromatic N) is 1. The quantitative estimate of drug-likeness (QED) is 0.851. The number of aromatic nitrogens is 1. The summed E-state index contributed by atoms with van der Waals surface area (Å²) in [6.45, 7) is 0.312. The standard InChI is InChI=1S/C9H10Cl2N2O2S/c1-16(15)5-4-12-9(14)8-6(10)2-3-7(11)13-8/h2-3H,4-5H2,1H3,(H,12,14). The van der Waals surface area contributed by atoms with Gasteiger partial charge in [0.2, 0.25) is 0 Å². The molecular formula is C9H10Cl2N2O2S. The summed E-state index contributed by atoms with van der Waals surface area (Å²) in [7, 11) is -0.942. The van der Waals surface area contributed by atoms with Crippen LogP contribution < -0.4 is 5.32 Å². The van der Waals surface area contributed by atoms with Crippen LogP contribution in [0.4, 0.5) is 0 Å². The van der Waals surface area contributed by atoms with Gasteiger partial charge in [0.1, 0.15) is 10.8 Å². The summed E-state index contributed by atoms with van der Waals surface area (Å²) in [5.74, 6) is -0.0258. The van der Waals surface area contributed by atoms with E-state index in [1.165, 1.54) is 12.1 Å². The zero-order valence-electron chi connectivity index (χ0n) is 8.50. The molecule has 16 heavy (non-hydrogen) atoms. The Kier molecular flexibility index (Phi) is 5.18. The zero-order valence-corrected chi connectivity index (χ0v) is 10.8.